The summed E-state index contributed by atoms with van der Waals surface area (Å²) in [6, 6.07) is 20.2. The molecule has 6 atom stereocenters. The molecular formula is C32H33N2O10P. The quantitative estimate of drug-likeness (QED) is 0.116. The smallest absolute Gasteiger partial charge is 0.459 e. The predicted octanol–water partition coefficient (Wildman–Crippen LogP) is 3.38. The van der Waals surface area contributed by atoms with Gasteiger partial charge in [0.2, 0.25) is 5.91 Å². The molecule has 2 aliphatic rings. The third-order valence-corrected chi connectivity index (χ3v) is 9.08. The zero-order chi connectivity index (χ0) is 32.2. The molecule has 12 nitrogen and oxygen atoms in total. The number of hydrogen-bond acceptors (Lipinski definition) is 10. The SMILES string of the molecule is C=C[C@]1(COP(=O)(N[C@@H](C)C(=O)OCc2ccccc2)Oc2cccc3ccccc23)O[C@@H](N2C=CC(=O)CC2=O)[C@H](O)[C@@H]1O. The maximum absolute atomic E-state index is 14.4. The molecule has 13 heteroatoms. The average Bonchev–Trinajstić information content (AvgIpc) is 3.29. The van der Waals surface area contributed by atoms with Gasteiger partial charge in [-0.1, -0.05) is 72.8 Å². The summed E-state index contributed by atoms with van der Waals surface area (Å²) in [4.78, 5) is 38.1. The first-order valence-electron chi connectivity index (χ1n) is 14.1. The zero-order valence-corrected chi connectivity index (χ0v) is 25.2. The Kier molecular flexibility index (Phi) is 9.64. The van der Waals surface area contributed by atoms with E-state index in [4.69, 9.17) is 18.5 Å². The number of ether oxygens (including phenoxy) is 2. The molecule has 3 aromatic rings. The Morgan fingerprint density at radius 2 is 1.84 bits per heavy atom. The zero-order valence-electron chi connectivity index (χ0n) is 24.4. The topological polar surface area (TPSA) is 161 Å². The highest BCUT2D eigenvalue weighted by Crippen LogP contribution is 2.49. The number of carbonyl (C=O) groups excluding carboxylic acids is 3. The summed E-state index contributed by atoms with van der Waals surface area (Å²) in [7, 11) is -4.49. The molecule has 1 fully saturated rings. The van der Waals surface area contributed by atoms with Crippen molar-refractivity contribution in [2.45, 2.75) is 50.0 Å². The molecule has 1 amide bonds. The molecule has 1 saturated heterocycles. The van der Waals surface area contributed by atoms with E-state index in [0.29, 0.717) is 5.39 Å². The van der Waals surface area contributed by atoms with Crippen LogP contribution in [-0.2, 0) is 39.6 Å². The highest BCUT2D eigenvalue weighted by Gasteiger charge is 2.56. The predicted molar refractivity (Wildman–Crippen MR) is 162 cm³/mol. The van der Waals surface area contributed by atoms with Crippen molar-refractivity contribution in [2.75, 3.05) is 6.61 Å². The summed E-state index contributed by atoms with van der Waals surface area (Å²) in [5, 5.41) is 25.9. The number of nitrogens with one attached hydrogen (secondary N) is 1. The number of benzene rings is 3. The second kappa shape index (κ2) is 13.5. The van der Waals surface area contributed by atoms with Crippen molar-refractivity contribution in [1.82, 2.24) is 9.99 Å². The van der Waals surface area contributed by atoms with Gasteiger partial charge in [-0.15, -0.1) is 6.58 Å². The van der Waals surface area contributed by atoms with Gasteiger partial charge in [-0.05, 0) is 30.0 Å². The van der Waals surface area contributed by atoms with E-state index < -0.39 is 68.5 Å². The Labute approximate surface area is 259 Å². The summed E-state index contributed by atoms with van der Waals surface area (Å²) in [6.45, 7) is 4.43. The van der Waals surface area contributed by atoms with E-state index in [0.717, 1.165) is 34.2 Å². The van der Waals surface area contributed by atoms with Crippen molar-refractivity contribution >= 4 is 36.2 Å². The van der Waals surface area contributed by atoms with Crippen LogP contribution < -0.4 is 9.61 Å². The number of rotatable bonds is 12. The Morgan fingerprint density at radius 1 is 1.13 bits per heavy atom. The second-order valence-electron chi connectivity index (χ2n) is 10.6. The van der Waals surface area contributed by atoms with Crippen molar-refractivity contribution in [1.29, 1.82) is 0 Å². The summed E-state index contributed by atoms with van der Waals surface area (Å²) in [5.41, 5.74) is -1.12. The minimum Gasteiger partial charge on any atom is -0.460 e. The normalized spacial score (nSPS) is 25.1. The number of nitrogens with zero attached hydrogens (tertiary/aromatic N) is 1. The largest absolute Gasteiger partial charge is 0.460 e. The Bertz CT molecular complexity index is 1660. The van der Waals surface area contributed by atoms with Gasteiger partial charge in [-0.2, -0.15) is 5.09 Å². The van der Waals surface area contributed by atoms with Gasteiger partial charge in [0.15, 0.2) is 12.0 Å². The van der Waals surface area contributed by atoms with E-state index in [1.807, 2.05) is 24.3 Å². The lowest BCUT2D eigenvalue weighted by molar-refractivity contribution is -0.153. The van der Waals surface area contributed by atoms with Crippen molar-refractivity contribution in [3.05, 3.63) is 103 Å². The molecule has 5 rings (SSSR count). The number of hydrogen-bond donors (Lipinski definition) is 3. The number of aliphatic hydroxyl groups excluding tert-OH is 2. The Balaban J connectivity index is 1.38. The van der Waals surface area contributed by atoms with E-state index in [-0.39, 0.29) is 12.4 Å². The van der Waals surface area contributed by atoms with Crippen molar-refractivity contribution in [3.8, 4) is 5.75 Å². The number of amides is 1. The summed E-state index contributed by atoms with van der Waals surface area (Å²) in [6.07, 6.45) is -1.71. The van der Waals surface area contributed by atoms with Crippen molar-refractivity contribution in [2.24, 2.45) is 0 Å². The van der Waals surface area contributed by atoms with Gasteiger partial charge in [0, 0.05) is 11.6 Å². The van der Waals surface area contributed by atoms with Gasteiger partial charge in [0.25, 0.3) is 0 Å². The lowest BCUT2D eigenvalue weighted by Crippen LogP contribution is -2.46. The third-order valence-electron chi connectivity index (χ3n) is 7.47. The van der Waals surface area contributed by atoms with Crippen LogP contribution in [0.1, 0.15) is 18.9 Å². The van der Waals surface area contributed by atoms with Crippen LogP contribution in [0.4, 0.5) is 0 Å². The molecule has 1 unspecified atom stereocenters. The first kappa shape index (κ1) is 32.2. The molecule has 2 aliphatic heterocycles. The third kappa shape index (κ3) is 7.07. The van der Waals surface area contributed by atoms with Crippen LogP contribution in [0.3, 0.4) is 0 Å². The van der Waals surface area contributed by atoms with Crippen LogP contribution in [0.15, 0.2) is 97.7 Å². The number of carbonyl (C=O) groups is 3. The molecule has 3 aromatic carbocycles. The summed E-state index contributed by atoms with van der Waals surface area (Å²) >= 11 is 0. The molecule has 0 aliphatic carbocycles. The minimum absolute atomic E-state index is 0.0187. The molecule has 0 bridgehead atoms. The van der Waals surface area contributed by atoms with Gasteiger partial charge in [0.05, 0.1) is 13.0 Å². The van der Waals surface area contributed by atoms with Crippen molar-refractivity contribution < 1.29 is 47.7 Å². The van der Waals surface area contributed by atoms with Crippen LogP contribution >= 0.6 is 7.75 Å². The summed E-state index contributed by atoms with van der Waals surface area (Å²) in [5.74, 6) is -1.62. The highest BCUT2D eigenvalue weighted by atomic mass is 31.2. The standard InChI is InChI=1S/C32H33N2O10P/c1-3-32(29(38)28(37)30(43-32)34-17-16-24(35)18-27(34)36)20-42-45(40,44-26-15-9-13-23-12-7-8-14-25(23)26)33-21(2)31(39)41-19-22-10-5-4-6-11-22/h3-17,21,28-30,37-38H,1,18-20H2,2H3,(H,33,40)/t21-,28+,29-,30+,32+,45?/m0/s1. The van der Waals surface area contributed by atoms with Crippen LogP contribution in [0.5, 0.6) is 5.75 Å². The Hall–Kier alpha value is -4.16. The molecule has 2 heterocycles. The van der Waals surface area contributed by atoms with Crippen molar-refractivity contribution in [3.63, 3.8) is 0 Å². The van der Waals surface area contributed by atoms with Gasteiger partial charge in [0.1, 0.15) is 36.2 Å². The van der Waals surface area contributed by atoms with E-state index >= 15 is 0 Å². The van der Waals surface area contributed by atoms with E-state index in [9.17, 15) is 29.2 Å². The van der Waals surface area contributed by atoms with Crippen LogP contribution in [0, 0.1) is 0 Å². The number of fused-ring (bicyclic) bond motifs is 1. The molecule has 0 radical (unpaired) electrons. The van der Waals surface area contributed by atoms with Gasteiger partial charge >= 0.3 is 13.7 Å². The minimum atomic E-state index is -4.49. The molecule has 0 aromatic heterocycles. The second-order valence-corrected chi connectivity index (χ2v) is 12.3. The molecule has 45 heavy (non-hydrogen) atoms. The number of esters is 1. The number of allylic oxidation sites excluding steroid dienone is 1. The number of aliphatic hydroxyl groups is 2. The fourth-order valence-corrected chi connectivity index (χ4v) is 6.52. The maximum Gasteiger partial charge on any atom is 0.459 e. The lowest BCUT2D eigenvalue weighted by Gasteiger charge is -2.32. The fourth-order valence-electron chi connectivity index (χ4n) is 4.97. The molecule has 3 N–H and O–H groups in total. The average molecular weight is 637 g/mol. The van der Waals surface area contributed by atoms with E-state index in [1.165, 1.54) is 6.92 Å². The van der Waals surface area contributed by atoms with E-state index in [2.05, 4.69) is 11.7 Å². The van der Waals surface area contributed by atoms with Crippen LogP contribution in [-0.4, -0.2) is 69.5 Å². The highest BCUT2D eigenvalue weighted by molar-refractivity contribution is 7.52. The number of ketones is 1. The molecule has 0 spiro atoms. The first-order valence-corrected chi connectivity index (χ1v) is 15.7. The molecule has 0 saturated carbocycles. The van der Waals surface area contributed by atoms with Gasteiger partial charge in [-0.3, -0.25) is 23.8 Å². The monoisotopic (exact) mass is 636 g/mol. The molecular weight excluding hydrogens is 603 g/mol. The maximum atomic E-state index is 14.4. The van der Waals surface area contributed by atoms with Crippen LogP contribution in [0.2, 0.25) is 0 Å². The molecule has 236 valence electrons. The van der Waals surface area contributed by atoms with Gasteiger partial charge in [-0.25, -0.2) is 4.57 Å². The van der Waals surface area contributed by atoms with Gasteiger partial charge < -0.3 is 24.2 Å². The van der Waals surface area contributed by atoms with E-state index in [1.54, 1.807) is 48.5 Å². The van der Waals surface area contributed by atoms with Crippen LogP contribution in [0.25, 0.3) is 10.8 Å². The first-order chi connectivity index (χ1) is 21.5. The fraction of sp³-hybridized carbons (Fsp3) is 0.281. The Morgan fingerprint density at radius 3 is 2.58 bits per heavy atom. The summed E-state index contributed by atoms with van der Waals surface area (Å²) < 4.78 is 37.5. The lowest BCUT2D eigenvalue weighted by atomic mass is 9.96.